The molecule has 0 bridgehead atoms. The van der Waals surface area contributed by atoms with E-state index in [0.717, 1.165) is 44.8 Å². The van der Waals surface area contributed by atoms with Gasteiger partial charge in [-0.3, -0.25) is 0 Å². The van der Waals surface area contributed by atoms with Gasteiger partial charge in [0.05, 0.1) is 39.0 Å². The van der Waals surface area contributed by atoms with Crippen LogP contribution in [-0.2, 0) is 6.18 Å². The Labute approximate surface area is 260 Å². The SMILES string of the molecule is Cc1ccc2c(c1)c1ccccc1n2-c1c(-c2c(F)cccc2F)ccc(-n2c3ccccc3c3ccc(C)cc32)c1C(F)(F)F. The highest BCUT2D eigenvalue weighted by Crippen LogP contribution is 2.48. The Kier molecular flexibility index (Phi) is 6.13. The fourth-order valence-corrected chi connectivity index (χ4v) is 6.90. The average molecular weight is 617 g/mol. The maximum absolute atomic E-state index is 15.9. The Morgan fingerprint density at radius 2 is 1.07 bits per heavy atom. The van der Waals surface area contributed by atoms with Crippen LogP contribution in [0, 0.1) is 25.5 Å². The minimum Gasteiger partial charge on any atom is -0.309 e. The molecule has 8 rings (SSSR count). The zero-order valence-electron chi connectivity index (χ0n) is 24.8. The quantitative estimate of drug-likeness (QED) is 0.175. The van der Waals surface area contributed by atoms with Crippen LogP contribution in [0.5, 0.6) is 0 Å². The molecule has 2 nitrogen and oxygen atoms in total. The smallest absolute Gasteiger partial charge is 0.309 e. The van der Waals surface area contributed by atoms with Crippen molar-refractivity contribution in [2.24, 2.45) is 0 Å². The summed E-state index contributed by atoms with van der Waals surface area (Å²) in [4.78, 5) is 0. The molecule has 0 N–H and O–H groups in total. The first-order chi connectivity index (χ1) is 22.1. The predicted molar refractivity (Wildman–Crippen MR) is 175 cm³/mol. The van der Waals surface area contributed by atoms with E-state index in [1.54, 1.807) is 34.9 Å². The van der Waals surface area contributed by atoms with Crippen molar-refractivity contribution >= 4 is 43.6 Å². The number of rotatable bonds is 3. The Bertz CT molecular complexity index is 2500. The molecule has 0 aliphatic carbocycles. The van der Waals surface area contributed by atoms with Crippen LogP contribution in [0.15, 0.2) is 115 Å². The lowest BCUT2D eigenvalue weighted by Crippen LogP contribution is -2.17. The Morgan fingerprint density at radius 1 is 0.500 bits per heavy atom. The van der Waals surface area contributed by atoms with Gasteiger partial charge in [-0.1, -0.05) is 66.2 Å². The van der Waals surface area contributed by atoms with E-state index in [1.807, 2.05) is 68.4 Å². The van der Waals surface area contributed by atoms with Crippen molar-refractivity contribution in [1.82, 2.24) is 9.13 Å². The van der Waals surface area contributed by atoms with Crippen molar-refractivity contribution in [2.45, 2.75) is 20.0 Å². The molecule has 0 saturated heterocycles. The van der Waals surface area contributed by atoms with Crippen LogP contribution in [0.2, 0.25) is 0 Å². The highest BCUT2D eigenvalue weighted by Gasteiger charge is 2.41. The molecule has 0 aliphatic heterocycles. The lowest BCUT2D eigenvalue weighted by Gasteiger charge is -2.24. The number of hydrogen-bond donors (Lipinski definition) is 0. The van der Waals surface area contributed by atoms with Crippen molar-refractivity contribution in [3.8, 4) is 22.5 Å². The number of aryl methyl sites for hydroxylation is 2. The molecular weight excluding hydrogens is 591 g/mol. The summed E-state index contributed by atoms with van der Waals surface area (Å²) in [5.41, 5.74) is 1.77. The van der Waals surface area contributed by atoms with Crippen LogP contribution < -0.4 is 0 Å². The first-order valence-corrected chi connectivity index (χ1v) is 14.8. The van der Waals surface area contributed by atoms with Gasteiger partial charge in [-0.15, -0.1) is 0 Å². The number of para-hydroxylation sites is 2. The number of halogens is 5. The second kappa shape index (κ2) is 10.0. The van der Waals surface area contributed by atoms with E-state index < -0.39 is 28.9 Å². The summed E-state index contributed by atoms with van der Waals surface area (Å²) in [6.07, 6.45) is -4.94. The van der Waals surface area contributed by atoms with E-state index >= 15 is 22.0 Å². The van der Waals surface area contributed by atoms with Crippen molar-refractivity contribution in [3.63, 3.8) is 0 Å². The van der Waals surface area contributed by atoms with Crippen molar-refractivity contribution in [2.75, 3.05) is 0 Å². The second-order valence-electron chi connectivity index (χ2n) is 11.7. The predicted octanol–water partition coefficient (Wildman–Crippen LogP) is 11.5. The minimum atomic E-state index is -4.94. The molecular formula is C39H25F5N2. The van der Waals surface area contributed by atoms with Crippen LogP contribution in [0.4, 0.5) is 22.0 Å². The molecule has 2 aromatic heterocycles. The molecule has 0 spiro atoms. The molecule has 226 valence electrons. The summed E-state index contributed by atoms with van der Waals surface area (Å²) < 4.78 is 82.0. The Balaban J connectivity index is 1.64. The monoisotopic (exact) mass is 616 g/mol. The summed E-state index contributed by atoms with van der Waals surface area (Å²) in [5.74, 6) is -1.91. The van der Waals surface area contributed by atoms with Gasteiger partial charge < -0.3 is 9.13 Å². The van der Waals surface area contributed by atoms with Gasteiger partial charge in [0.25, 0.3) is 0 Å². The van der Waals surface area contributed by atoms with Crippen LogP contribution in [-0.4, -0.2) is 9.13 Å². The van der Waals surface area contributed by atoms with Gasteiger partial charge in [0.15, 0.2) is 0 Å². The van der Waals surface area contributed by atoms with Gasteiger partial charge in [0.2, 0.25) is 0 Å². The van der Waals surface area contributed by atoms with Gasteiger partial charge in [-0.2, -0.15) is 13.2 Å². The third kappa shape index (κ3) is 4.08. The van der Waals surface area contributed by atoms with E-state index in [2.05, 4.69) is 0 Å². The fourth-order valence-electron chi connectivity index (χ4n) is 6.90. The van der Waals surface area contributed by atoms with Gasteiger partial charge in [0.1, 0.15) is 17.2 Å². The van der Waals surface area contributed by atoms with E-state index in [0.29, 0.717) is 22.1 Å². The number of aromatic nitrogens is 2. The lowest BCUT2D eigenvalue weighted by molar-refractivity contribution is -0.137. The normalized spacial score (nSPS) is 12.2. The Hall–Kier alpha value is -5.43. The highest BCUT2D eigenvalue weighted by molar-refractivity contribution is 6.11. The topological polar surface area (TPSA) is 9.86 Å². The van der Waals surface area contributed by atoms with E-state index in [4.69, 9.17) is 0 Å². The number of hydrogen-bond acceptors (Lipinski definition) is 0. The van der Waals surface area contributed by atoms with Gasteiger partial charge in [0, 0.05) is 27.1 Å². The lowest BCUT2D eigenvalue weighted by atomic mass is 9.96. The standard InChI is InChI=1S/C39H25F5N2/c1-22-15-18-33-28(20-22)25-9-4-6-13-32(25)46(33)38-27(36-29(40)10-7-11-30(36)41)17-19-34(37(38)39(42,43)44)45-31-12-5-3-8-24(31)26-16-14-23(2)21-35(26)45/h3-21H,1-2H3. The van der Waals surface area contributed by atoms with E-state index in [-0.39, 0.29) is 16.9 Å². The molecule has 0 amide bonds. The molecule has 0 radical (unpaired) electrons. The van der Waals surface area contributed by atoms with Crippen LogP contribution in [0.1, 0.15) is 16.7 Å². The number of alkyl halides is 3. The first-order valence-electron chi connectivity index (χ1n) is 14.8. The number of benzene rings is 6. The molecule has 0 aliphatic rings. The van der Waals surface area contributed by atoms with Crippen LogP contribution >= 0.6 is 0 Å². The minimum absolute atomic E-state index is 0.141. The van der Waals surface area contributed by atoms with Crippen molar-refractivity contribution in [1.29, 1.82) is 0 Å². The van der Waals surface area contributed by atoms with Crippen LogP contribution in [0.25, 0.3) is 66.1 Å². The summed E-state index contributed by atoms with van der Waals surface area (Å²) in [5, 5.41) is 3.06. The molecule has 0 unspecified atom stereocenters. The first kappa shape index (κ1) is 28.1. The maximum atomic E-state index is 15.9. The van der Waals surface area contributed by atoms with Gasteiger partial charge in [-0.05, 0) is 74.0 Å². The summed E-state index contributed by atoms with van der Waals surface area (Å²) in [6.45, 7) is 3.80. The second-order valence-corrected chi connectivity index (χ2v) is 11.7. The zero-order chi connectivity index (χ0) is 31.9. The zero-order valence-corrected chi connectivity index (χ0v) is 24.8. The van der Waals surface area contributed by atoms with Crippen molar-refractivity contribution in [3.05, 3.63) is 144 Å². The molecule has 6 aromatic carbocycles. The maximum Gasteiger partial charge on any atom is 0.420 e. The molecule has 46 heavy (non-hydrogen) atoms. The average Bonchev–Trinajstić information content (AvgIpc) is 3.52. The van der Waals surface area contributed by atoms with E-state index in [9.17, 15) is 0 Å². The third-order valence-corrected chi connectivity index (χ3v) is 8.79. The molecule has 0 saturated carbocycles. The molecule has 0 fully saturated rings. The molecule has 0 atom stereocenters. The fraction of sp³-hybridized carbons (Fsp3) is 0.0769. The summed E-state index contributed by atoms with van der Waals surface area (Å²) in [7, 11) is 0. The molecule has 8 aromatic rings. The van der Waals surface area contributed by atoms with Crippen LogP contribution in [0.3, 0.4) is 0 Å². The van der Waals surface area contributed by atoms with Gasteiger partial charge >= 0.3 is 6.18 Å². The largest absolute Gasteiger partial charge is 0.420 e. The van der Waals surface area contributed by atoms with Crippen molar-refractivity contribution < 1.29 is 22.0 Å². The highest BCUT2D eigenvalue weighted by atomic mass is 19.4. The van der Waals surface area contributed by atoms with E-state index in [1.165, 1.54) is 22.8 Å². The molecule has 2 heterocycles. The third-order valence-electron chi connectivity index (χ3n) is 8.79. The Morgan fingerprint density at radius 3 is 1.76 bits per heavy atom. The summed E-state index contributed by atoms with van der Waals surface area (Å²) in [6, 6.07) is 31.8. The number of nitrogens with zero attached hydrogens (tertiary/aromatic N) is 2. The number of fused-ring (bicyclic) bond motifs is 6. The van der Waals surface area contributed by atoms with Gasteiger partial charge in [-0.25, -0.2) is 8.78 Å². The molecule has 7 heteroatoms. The summed E-state index contributed by atoms with van der Waals surface area (Å²) >= 11 is 0.